The van der Waals surface area contributed by atoms with E-state index >= 15 is 0 Å². The summed E-state index contributed by atoms with van der Waals surface area (Å²) in [4.78, 5) is 4.16. The van der Waals surface area contributed by atoms with Gasteiger partial charge in [0.1, 0.15) is 6.23 Å². The predicted octanol–water partition coefficient (Wildman–Crippen LogP) is 1.21. The summed E-state index contributed by atoms with van der Waals surface area (Å²) in [6, 6.07) is 0. The lowest BCUT2D eigenvalue weighted by atomic mass is 10.3. The molecular formula is C6H11NO. The third-order valence-electron chi connectivity index (χ3n) is 1.37. The Bertz CT molecular complexity index is 120. The minimum atomic E-state index is 0.0880. The molecular weight excluding hydrogens is 102 g/mol. The number of hydrogen-bond donors (Lipinski definition) is 0. The Morgan fingerprint density at radius 1 is 1.50 bits per heavy atom. The highest BCUT2D eigenvalue weighted by atomic mass is 16.5. The van der Waals surface area contributed by atoms with Gasteiger partial charge in [-0.15, -0.1) is 0 Å². The Morgan fingerprint density at radius 2 is 2.12 bits per heavy atom. The molecule has 46 valence electrons. The molecule has 2 nitrogen and oxygen atoms in total. The van der Waals surface area contributed by atoms with Crippen molar-refractivity contribution >= 4 is 5.71 Å². The van der Waals surface area contributed by atoms with Crippen LogP contribution in [-0.2, 0) is 4.74 Å². The molecule has 2 heteroatoms. The van der Waals surface area contributed by atoms with Crippen molar-refractivity contribution in [2.75, 3.05) is 0 Å². The molecule has 0 spiro atoms. The van der Waals surface area contributed by atoms with Gasteiger partial charge in [0.2, 0.25) is 0 Å². The van der Waals surface area contributed by atoms with Gasteiger partial charge in [-0.25, -0.2) is 0 Å². The highest BCUT2D eigenvalue weighted by Crippen LogP contribution is 2.09. The Labute approximate surface area is 49.6 Å². The first-order chi connectivity index (χ1) is 3.70. The van der Waals surface area contributed by atoms with Gasteiger partial charge in [0.05, 0.1) is 6.10 Å². The second kappa shape index (κ2) is 1.86. The van der Waals surface area contributed by atoms with Gasteiger partial charge in [-0.05, 0) is 20.8 Å². The fraction of sp³-hybridized carbons (Fsp3) is 0.833. The molecule has 0 fully saturated rings. The van der Waals surface area contributed by atoms with Gasteiger partial charge in [-0.2, -0.15) is 0 Å². The molecule has 0 aliphatic carbocycles. The summed E-state index contributed by atoms with van der Waals surface area (Å²) in [5, 5.41) is 0. The van der Waals surface area contributed by atoms with Crippen molar-refractivity contribution in [3.05, 3.63) is 0 Å². The van der Waals surface area contributed by atoms with Crippen LogP contribution in [0.1, 0.15) is 20.8 Å². The van der Waals surface area contributed by atoms with Crippen molar-refractivity contribution in [1.29, 1.82) is 0 Å². The smallest absolute Gasteiger partial charge is 0.146 e. The number of rotatable bonds is 0. The SMILES string of the molecule is CC1=N[C@@H](C)O[C@H]1C. The van der Waals surface area contributed by atoms with Crippen LogP contribution in [0.3, 0.4) is 0 Å². The van der Waals surface area contributed by atoms with Crippen molar-refractivity contribution < 1.29 is 4.74 Å². The molecule has 1 rings (SSSR count). The van der Waals surface area contributed by atoms with Gasteiger partial charge in [-0.1, -0.05) is 0 Å². The lowest BCUT2D eigenvalue weighted by Crippen LogP contribution is -2.11. The molecule has 0 aromatic heterocycles. The zero-order valence-electron chi connectivity index (χ0n) is 5.51. The normalized spacial score (nSPS) is 37.6. The summed E-state index contributed by atoms with van der Waals surface area (Å²) in [6.07, 6.45) is 0.329. The molecule has 0 unspecified atom stereocenters. The molecule has 1 heterocycles. The maximum atomic E-state index is 5.27. The monoisotopic (exact) mass is 113 g/mol. The molecule has 1 aliphatic rings. The Balaban J connectivity index is 2.59. The van der Waals surface area contributed by atoms with E-state index in [1.165, 1.54) is 0 Å². The van der Waals surface area contributed by atoms with Crippen molar-refractivity contribution in [1.82, 2.24) is 0 Å². The van der Waals surface area contributed by atoms with Crippen molar-refractivity contribution in [2.24, 2.45) is 4.99 Å². The lowest BCUT2D eigenvalue weighted by Gasteiger charge is -2.01. The average Bonchev–Trinajstić information content (AvgIpc) is 1.85. The molecule has 0 saturated heterocycles. The van der Waals surface area contributed by atoms with Crippen LogP contribution in [0.5, 0.6) is 0 Å². The van der Waals surface area contributed by atoms with Crippen LogP contribution in [0.2, 0.25) is 0 Å². The molecule has 0 aromatic rings. The molecule has 0 N–H and O–H groups in total. The van der Waals surface area contributed by atoms with E-state index in [1.807, 2.05) is 20.8 Å². The van der Waals surface area contributed by atoms with E-state index in [9.17, 15) is 0 Å². The van der Waals surface area contributed by atoms with Crippen LogP contribution in [0.25, 0.3) is 0 Å². The maximum absolute atomic E-state index is 5.27. The van der Waals surface area contributed by atoms with E-state index in [2.05, 4.69) is 4.99 Å². The molecule has 8 heavy (non-hydrogen) atoms. The Kier molecular flexibility index (Phi) is 1.34. The summed E-state index contributed by atoms with van der Waals surface area (Å²) in [6.45, 7) is 5.96. The van der Waals surface area contributed by atoms with E-state index in [4.69, 9.17) is 4.74 Å². The number of hydrogen-bond acceptors (Lipinski definition) is 2. The number of nitrogens with zero attached hydrogens (tertiary/aromatic N) is 1. The minimum Gasteiger partial charge on any atom is -0.348 e. The van der Waals surface area contributed by atoms with Crippen molar-refractivity contribution in [2.45, 2.75) is 33.1 Å². The minimum absolute atomic E-state index is 0.0880. The Morgan fingerprint density at radius 3 is 2.25 bits per heavy atom. The van der Waals surface area contributed by atoms with Crippen LogP contribution in [-0.4, -0.2) is 18.0 Å². The Hall–Kier alpha value is -0.370. The third-order valence-corrected chi connectivity index (χ3v) is 1.37. The van der Waals surface area contributed by atoms with Crippen LogP contribution in [0, 0.1) is 0 Å². The highest BCUT2D eigenvalue weighted by molar-refractivity contribution is 5.87. The zero-order chi connectivity index (χ0) is 6.15. The lowest BCUT2D eigenvalue weighted by molar-refractivity contribution is 0.0723. The summed E-state index contributed by atoms with van der Waals surface area (Å²) >= 11 is 0. The molecule has 0 bridgehead atoms. The van der Waals surface area contributed by atoms with E-state index in [0.717, 1.165) is 5.71 Å². The summed E-state index contributed by atoms with van der Waals surface area (Å²) in [7, 11) is 0. The largest absolute Gasteiger partial charge is 0.348 e. The quantitative estimate of drug-likeness (QED) is 0.462. The first-order valence-electron chi connectivity index (χ1n) is 2.90. The third kappa shape index (κ3) is 0.892. The molecule has 0 saturated carbocycles. The topological polar surface area (TPSA) is 21.6 Å². The summed E-state index contributed by atoms with van der Waals surface area (Å²) < 4.78 is 5.27. The number of aliphatic imine (C=N–C) groups is 1. The summed E-state index contributed by atoms with van der Waals surface area (Å²) in [5.41, 5.74) is 1.11. The van der Waals surface area contributed by atoms with E-state index in [1.54, 1.807) is 0 Å². The van der Waals surface area contributed by atoms with Crippen molar-refractivity contribution in [3.63, 3.8) is 0 Å². The van der Waals surface area contributed by atoms with E-state index in [-0.39, 0.29) is 12.3 Å². The van der Waals surface area contributed by atoms with Crippen LogP contribution in [0.15, 0.2) is 4.99 Å². The first kappa shape index (κ1) is 5.76. The first-order valence-corrected chi connectivity index (χ1v) is 2.90. The molecule has 2 atom stereocenters. The molecule has 1 aliphatic heterocycles. The van der Waals surface area contributed by atoms with Gasteiger partial charge in [0.15, 0.2) is 0 Å². The molecule has 0 amide bonds. The fourth-order valence-corrected chi connectivity index (χ4v) is 0.816. The zero-order valence-corrected chi connectivity index (χ0v) is 5.51. The number of ether oxygens (including phenoxy) is 1. The van der Waals surface area contributed by atoms with E-state index in [0.29, 0.717) is 0 Å². The highest BCUT2D eigenvalue weighted by Gasteiger charge is 2.16. The van der Waals surface area contributed by atoms with E-state index < -0.39 is 0 Å². The molecule has 0 radical (unpaired) electrons. The van der Waals surface area contributed by atoms with Gasteiger partial charge in [0, 0.05) is 5.71 Å². The fourth-order valence-electron chi connectivity index (χ4n) is 0.816. The van der Waals surface area contributed by atoms with Crippen molar-refractivity contribution in [3.8, 4) is 0 Å². The van der Waals surface area contributed by atoms with Gasteiger partial charge in [0.25, 0.3) is 0 Å². The standard InChI is InChI=1S/C6H11NO/c1-4-5(2)8-6(3)7-4/h5-6H,1-3H3/t5-,6+/m0/s1. The maximum Gasteiger partial charge on any atom is 0.146 e. The summed E-state index contributed by atoms with van der Waals surface area (Å²) in [5.74, 6) is 0. The average molecular weight is 113 g/mol. The van der Waals surface area contributed by atoms with Crippen LogP contribution in [0.4, 0.5) is 0 Å². The van der Waals surface area contributed by atoms with Gasteiger partial charge >= 0.3 is 0 Å². The van der Waals surface area contributed by atoms with Gasteiger partial charge in [-0.3, -0.25) is 4.99 Å². The predicted molar refractivity (Wildman–Crippen MR) is 33.1 cm³/mol. The van der Waals surface area contributed by atoms with Crippen LogP contribution < -0.4 is 0 Å². The van der Waals surface area contributed by atoms with Crippen LogP contribution >= 0.6 is 0 Å². The van der Waals surface area contributed by atoms with Gasteiger partial charge < -0.3 is 4.74 Å². The second-order valence-corrected chi connectivity index (χ2v) is 2.15. The molecule has 0 aromatic carbocycles. The second-order valence-electron chi connectivity index (χ2n) is 2.15.